The van der Waals surface area contributed by atoms with E-state index in [0.717, 1.165) is 17.5 Å². The van der Waals surface area contributed by atoms with Gasteiger partial charge in [0.25, 0.3) is 0 Å². The van der Waals surface area contributed by atoms with E-state index >= 15 is 0 Å². The molecule has 0 amide bonds. The maximum atomic E-state index is 11.4. The Balaban J connectivity index is 2.68. The zero-order valence-electron chi connectivity index (χ0n) is 9.44. The maximum Gasteiger partial charge on any atom is 0.213 e. The van der Waals surface area contributed by atoms with Crippen molar-refractivity contribution in [2.24, 2.45) is 5.73 Å². The summed E-state index contributed by atoms with van der Waals surface area (Å²) in [4.78, 5) is 0. The summed E-state index contributed by atoms with van der Waals surface area (Å²) in [6.45, 7) is 2.53. The van der Waals surface area contributed by atoms with E-state index in [-0.39, 0.29) is 12.3 Å². The van der Waals surface area contributed by atoms with Gasteiger partial charge in [0.2, 0.25) is 10.0 Å². The highest BCUT2D eigenvalue weighted by Gasteiger charge is 2.09. The molecule has 3 N–H and O–H groups in total. The van der Waals surface area contributed by atoms with Crippen LogP contribution in [0, 0.1) is 0 Å². The summed E-state index contributed by atoms with van der Waals surface area (Å²) in [5.74, 6) is -0.0265. The summed E-state index contributed by atoms with van der Waals surface area (Å²) in [5.41, 5.74) is 7.40. The van der Waals surface area contributed by atoms with E-state index in [1.165, 1.54) is 0 Å². The monoisotopic (exact) mass is 242 g/mol. The molecule has 1 rings (SSSR count). The second kappa shape index (κ2) is 5.98. The molecule has 0 radical (unpaired) electrons. The SMILES string of the molecule is CCc1ccccc1CNS(=O)(=O)CCN. The molecule has 1 aromatic carbocycles. The van der Waals surface area contributed by atoms with E-state index in [1.54, 1.807) is 0 Å². The van der Waals surface area contributed by atoms with Gasteiger partial charge in [-0.2, -0.15) is 0 Å². The third kappa shape index (κ3) is 3.92. The van der Waals surface area contributed by atoms with Gasteiger partial charge in [0.05, 0.1) is 5.75 Å². The number of aryl methyl sites for hydroxylation is 1. The smallest absolute Gasteiger partial charge is 0.213 e. The van der Waals surface area contributed by atoms with E-state index < -0.39 is 10.0 Å². The molecule has 0 aromatic heterocycles. The summed E-state index contributed by atoms with van der Waals surface area (Å²) in [6, 6.07) is 7.80. The number of rotatable bonds is 6. The Bertz CT molecular complexity index is 429. The molecule has 90 valence electrons. The van der Waals surface area contributed by atoms with Crippen molar-refractivity contribution in [3.63, 3.8) is 0 Å². The first-order valence-electron chi connectivity index (χ1n) is 5.33. The fourth-order valence-corrected chi connectivity index (χ4v) is 2.32. The largest absolute Gasteiger partial charge is 0.329 e. The Morgan fingerprint density at radius 3 is 2.44 bits per heavy atom. The van der Waals surface area contributed by atoms with Crippen molar-refractivity contribution in [1.82, 2.24) is 4.72 Å². The van der Waals surface area contributed by atoms with Crippen molar-refractivity contribution >= 4 is 10.0 Å². The molecule has 0 saturated heterocycles. The molecule has 0 saturated carbocycles. The van der Waals surface area contributed by atoms with Crippen LogP contribution in [0.2, 0.25) is 0 Å². The van der Waals surface area contributed by atoms with Crippen molar-refractivity contribution in [3.8, 4) is 0 Å². The zero-order valence-corrected chi connectivity index (χ0v) is 10.3. The second-order valence-corrected chi connectivity index (χ2v) is 5.48. The lowest BCUT2D eigenvalue weighted by molar-refractivity contribution is 0.581. The van der Waals surface area contributed by atoms with Crippen LogP contribution in [0.25, 0.3) is 0 Å². The van der Waals surface area contributed by atoms with Crippen LogP contribution in [0.15, 0.2) is 24.3 Å². The molecule has 16 heavy (non-hydrogen) atoms. The first kappa shape index (κ1) is 13.2. The minimum Gasteiger partial charge on any atom is -0.329 e. The molecule has 0 fully saturated rings. The third-order valence-corrected chi connectivity index (χ3v) is 3.73. The molecule has 0 bridgehead atoms. The van der Waals surface area contributed by atoms with Gasteiger partial charge >= 0.3 is 0 Å². The summed E-state index contributed by atoms with van der Waals surface area (Å²) in [7, 11) is -3.23. The van der Waals surface area contributed by atoms with Crippen LogP contribution in [-0.4, -0.2) is 20.7 Å². The molecule has 0 spiro atoms. The number of nitrogens with one attached hydrogen (secondary N) is 1. The van der Waals surface area contributed by atoms with Crippen LogP contribution in [0.3, 0.4) is 0 Å². The normalized spacial score (nSPS) is 11.6. The minimum atomic E-state index is -3.23. The molecule has 0 atom stereocenters. The van der Waals surface area contributed by atoms with E-state index in [0.29, 0.717) is 6.54 Å². The average Bonchev–Trinajstić information content (AvgIpc) is 2.27. The van der Waals surface area contributed by atoms with Gasteiger partial charge in [-0.1, -0.05) is 31.2 Å². The summed E-state index contributed by atoms with van der Waals surface area (Å²) in [5, 5.41) is 0. The van der Waals surface area contributed by atoms with Crippen molar-refractivity contribution in [2.45, 2.75) is 19.9 Å². The summed E-state index contributed by atoms with van der Waals surface area (Å²) >= 11 is 0. The number of sulfonamides is 1. The van der Waals surface area contributed by atoms with Crippen LogP contribution in [-0.2, 0) is 23.0 Å². The van der Waals surface area contributed by atoms with Crippen LogP contribution < -0.4 is 10.5 Å². The third-order valence-electron chi connectivity index (χ3n) is 2.37. The zero-order chi connectivity index (χ0) is 12.0. The Morgan fingerprint density at radius 1 is 1.25 bits per heavy atom. The number of hydrogen-bond donors (Lipinski definition) is 2. The highest BCUT2D eigenvalue weighted by atomic mass is 32.2. The quantitative estimate of drug-likeness (QED) is 0.768. The number of nitrogens with two attached hydrogens (primary N) is 1. The standard InChI is InChI=1S/C11H18N2O2S/c1-2-10-5-3-4-6-11(10)9-13-16(14,15)8-7-12/h3-6,13H,2,7-9,12H2,1H3. The molecular weight excluding hydrogens is 224 g/mol. The van der Waals surface area contributed by atoms with E-state index in [9.17, 15) is 8.42 Å². The minimum absolute atomic E-state index is 0.0265. The summed E-state index contributed by atoms with van der Waals surface area (Å²) < 4.78 is 25.4. The fourth-order valence-electron chi connectivity index (χ4n) is 1.49. The van der Waals surface area contributed by atoms with Crippen molar-refractivity contribution in [3.05, 3.63) is 35.4 Å². The van der Waals surface area contributed by atoms with Gasteiger partial charge in [-0.3, -0.25) is 0 Å². The molecule has 1 aromatic rings. The lowest BCUT2D eigenvalue weighted by Crippen LogP contribution is -2.29. The molecule has 0 aliphatic carbocycles. The Kier molecular flexibility index (Phi) is 4.92. The first-order chi connectivity index (χ1) is 7.59. The highest BCUT2D eigenvalue weighted by Crippen LogP contribution is 2.09. The van der Waals surface area contributed by atoms with Gasteiger partial charge in [0, 0.05) is 13.1 Å². The predicted octanol–water partition coefficient (Wildman–Crippen LogP) is 0.627. The number of hydrogen-bond acceptors (Lipinski definition) is 3. The molecule has 0 heterocycles. The maximum absolute atomic E-state index is 11.4. The lowest BCUT2D eigenvalue weighted by Gasteiger charge is -2.09. The topological polar surface area (TPSA) is 72.2 Å². The molecule has 0 aliphatic heterocycles. The van der Waals surface area contributed by atoms with Gasteiger partial charge in [0.1, 0.15) is 0 Å². The Hall–Kier alpha value is -0.910. The molecule has 0 aliphatic rings. The summed E-state index contributed by atoms with van der Waals surface area (Å²) in [6.07, 6.45) is 0.898. The van der Waals surface area contributed by atoms with Gasteiger partial charge in [-0.25, -0.2) is 13.1 Å². The van der Waals surface area contributed by atoms with Crippen molar-refractivity contribution in [2.75, 3.05) is 12.3 Å². The second-order valence-electron chi connectivity index (χ2n) is 3.55. The Labute approximate surface area is 96.9 Å². The highest BCUT2D eigenvalue weighted by molar-refractivity contribution is 7.89. The Morgan fingerprint density at radius 2 is 1.88 bits per heavy atom. The van der Waals surface area contributed by atoms with Crippen LogP contribution in [0.4, 0.5) is 0 Å². The van der Waals surface area contributed by atoms with Gasteiger partial charge in [0.15, 0.2) is 0 Å². The van der Waals surface area contributed by atoms with Crippen LogP contribution >= 0.6 is 0 Å². The molecule has 0 unspecified atom stereocenters. The van der Waals surface area contributed by atoms with Gasteiger partial charge in [-0.05, 0) is 17.5 Å². The van der Waals surface area contributed by atoms with E-state index in [2.05, 4.69) is 4.72 Å². The number of benzene rings is 1. The van der Waals surface area contributed by atoms with E-state index in [1.807, 2.05) is 31.2 Å². The first-order valence-corrected chi connectivity index (χ1v) is 6.98. The van der Waals surface area contributed by atoms with Crippen LogP contribution in [0.5, 0.6) is 0 Å². The lowest BCUT2D eigenvalue weighted by atomic mass is 10.1. The van der Waals surface area contributed by atoms with Crippen molar-refractivity contribution in [1.29, 1.82) is 0 Å². The van der Waals surface area contributed by atoms with Crippen molar-refractivity contribution < 1.29 is 8.42 Å². The van der Waals surface area contributed by atoms with E-state index in [4.69, 9.17) is 5.73 Å². The molecular formula is C11H18N2O2S. The van der Waals surface area contributed by atoms with Gasteiger partial charge in [-0.15, -0.1) is 0 Å². The predicted molar refractivity (Wildman–Crippen MR) is 65.5 cm³/mol. The molecule has 5 heteroatoms. The fraction of sp³-hybridized carbons (Fsp3) is 0.455. The van der Waals surface area contributed by atoms with Crippen LogP contribution in [0.1, 0.15) is 18.1 Å². The molecule has 4 nitrogen and oxygen atoms in total. The van der Waals surface area contributed by atoms with Gasteiger partial charge < -0.3 is 5.73 Å². The average molecular weight is 242 g/mol.